The van der Waals surface area contributed by atoms with E-state index in [-0.39, 0.29) is 17.9 Å². The molecule has 0 spiro atoms. The Morgan fingerprint density at radius 1 is 1.13 bits per heavy atom. The molecule has 6 heteroatoms. The fraction of sp³-hybridized carbons (Fsp3) is 0.417. The van der Waals surface area contributed by atoms with Crippen molar-refractivity contribution in [3.63, 3.8) is 0 Å². The van der Waals surface area contributed by atoms with Gasteiger partial charge in [-0.25, -0.2) is 0 Å². The number of benzene rings is 2. The summed E-state index contributed by atoms with van der Waals surface area (Å²) in [5, 5.41) is 3.14. The van der Waals surface area contributed by atoms with Gasteiger partial charge < -0.3 is 15.0 Å². The summed E-state index contributed by atoms with van der Waals surface area (Å²) in [6.45, 7) is 2.66. The topological polar surface area (TPSA) is 58.6 Å². The summed E-state index contributed by atoms with van der Waals surface area (Å²) >= 11 is 3.48. The van der Waals surface area contributed by atoms with E-state index in [2.05, 4.69) is 21.2 Å². The number of anilines is 1. The van der Waals surface area contributed by atoms with Gasteiger partial charge in [0.25, 0.3) is 11.8 Å². The Morgan fingerprint density at radius 3 is 2.57 bits per heavy atom. The summed E-state index contributed by atoms with van der Waals surface area (Å²) in [5.74, 6) is 0.403. The van der Waals surface area contributed by atoms with Crippen molar-refractivity contribution in [2.24, 2.45) is 0 Å². The molecule has 0 aromatic heterocycles. The quantitative estimate of drug-likeness (QED) is 0.572. The zero-order chi connectivity index (χ0) is 21.5. The molecule has 1 N–H and O–H groups in total. The van der Waals surface area contributed by atoms with Crippen molar-refractivity contribution in [1.82, 2.24) is 5.32 Å². The smallest absolute Gasteiger partial charge is 0.258 e. The highest BCUT2D eigenvalue weighted by Gasteiger charge is 2.22. The predicted molar refractivity (Wildman–Crippen MR) is 123 cm³/mol. The van der Waals surface area contributed by atoms with Gasteiger partial charge in [-0.2, -0.15) is 0 Å². The van der Waals surface area contributed by atoms with Crippen molar-refractivity contribution in [2.45, 2.75) is 51.5 Å². The van der Waals surface area contributed by atoms with Gasteiger partial charge in [-0.15, -0.1) is 0 Å². The second-order valence-electron chi connectivity index (χ2n) is 7.68. The van der Waals surface area contributed by atoms with Gasteiger partial charge in [0.05, 0.1) is 22.3 Å². The maximum absolute atomic E-state index is 13.1. The van der Waals surface area contributed by atoms with Gasteiger partial charge in [-0.1, -0.05) is 38.3 Å². The SMILES string of the molecule is CCCOc1ccc(C(=O)N(C)c2ccccc2C(=O)NC2CCCCC2)cc1Br. The molecule has 1 aliphatic carbocycles. The van der Waals surface area contributed by atoms with Crippen LogP contribution in [-0.4, -0.2) is 31.5 Å². The van der Waals surface area contributed by atoms with Crippen LogP contribution in [0.25, 0.3) is 0 Å². The zero-order valence-electron chi connectivity index (χ0n) is 17.6. The van der Waals surface area contributed by atoms with Crippen LogP contribution >= 0.6 is 15.9 Å². The molecule has 30 heavy (non-hydrogen) atoms. The number of carbonyl (C=O) groups is 2. The standard InChI is InChI=1S/C24H29BrN2O3/c1-3-15-30-22-14-13-17(16-20(22)25)24(29)27(2)21-12-8-7-11-19(21)23(28)26-18-9-5-4-6-10-18/h7-8,11-14,16,18H,3-6,9-10,15H2,1-2H3,(H,26,28). The second-order valence-corrected chi connectivity index (χ2v) is 8.54. The lowest BCUT2D eigenvalue weighted by atomic mass is 9.95. The monoisotopic (exact) mass is 472 g/mol. The molecule has 0 atom stereocenters. The molecule has 1 fully saturated rings. The molecule has 5 nitrogen and oxygen atoms in total. The van der Waals surface area contributed by atoms with E-state index >= 15 is 0 Å². The van der Waals surface area contributed by atoms with Crippen LogP contribution < -0.4 is 15.0 Å². The number of ether oxygens (including phenoxy) is 1. The van der Waals surface area contributed by atoms with Crippen LogP contribution in [0, 0.1) is 0 Å². The Morgan fingerprint density at radius 2 is 1.87 bits per heavy atom. The van der Waals surface area contributed by atoms with Crippen LogP contribution in [0.5, 0.6) is 5.75 Å². The van der Waals surface area contributed by atoms with Crippen molar-refractivity contribution >= 4 is 33.4 Å². The normalized spacial score (nSPS) is 14.2. The summed E-state index contributed by atoms with van der Waals surface area (Å²) in [6, 6.07) is 12.8. The van der Waals surface area contributed by atoms with E-state index in [1.165, 1.54) is 11.3 Å². The van der Waals surface area contributed by atoms with E-state index in [4.69, 9.17) is 4.74 Å². The molecule has 2 aromatic carbocycles. The number of nitrogens with zero attached hydrogens (tertiary/aromatic N) is 1. The summed E-state index contributed by atoms with van der Waals surface area (Å²) < 4.78 is 6.40. The molecule has 0 heterocycles. The highest BCUT2D eigenvalue weighted by molar-refractivity contribution is 9.10. The van der Waals surface area contributed by atoms with Crippen LogP contribution in [0.3, 0.4) is 0 Å². The van der Waals surface area contributed by atoms with Gasteiger partial charge in [-0.05, 0) is 65.5 Å². The Labute approximate surface area is 186 Å². The third-order valence-corrected chi connectivity index (χ3v) is 6.02. The number of hydrogen-bond acceptors (Lipinski definition) is 3. The maximum Gasteiger partial charge on any atom is 0.258 e. The van der Waals surface area contributed by atoms with Crippen LogP contribution in [0.2, 0.25) is 0 Å². The molecule has 1 aliphatic rings. The molecule has 0 saturated heterocycles. The highest BCUT2D eigenvalue weighted by atomic mass is 79.9. The molecule has 1 saturated carbocycles. The molecule has 160 valence electrons. The summed E-state index contributed by atoms with van der Waals surface area (Å²) in [6.07, 6.45) is 6.48. The molecule has 0 radical (unpaired) electrons. The third kappa shape index (κ3) is 5.42. The highest BCUT2D eigenvalue weighted by Crippen LogP contribution is 2.28. The van der Waals surface area contributed by atoms with E-state index in [0.29, 0.717) is 29.2 Å². The van der Waals surface area contributed by atoms with Gasteiger partial charge in [0.15, 0.2) is 0 Å². The van der Waals surface area contributed by atoms with Gasteiger partial charge >= 0.3 is 0 Å². The molecule has 2 amide bonds. The molecule has 0 unspecified atom stereocenters. The average Bonchev–Trinajstić information content (AvgIpc) is 2.78. The number of carbonyl (C=O) groups excluding carboxylic acids is 2. The molecular weight excluding hydrogens is 444 g/mol. The summed E-state index contributed by atoms with van der Waals surface area (Å²) in [7, 11) is 1.70. The van der Waals surface area contributed by atoms with E-state index in [1.54, 1.807) is 31.3 Å². The van der Waals surface area contributed by atoms with Gasteiger partial charge in [0.1, 0.15) is 5.75 Å². The minimum atomic E-state index is -0.185. The van der Waals surface area contributed by atoms with Crippen molar-refractivity contribution in [2.75, 3.05) is 18.6 Å². The first kappa shape index (κ1) is 22.3. The minimum Gasteiger partial charge on any atom is -0.492 e. The molecule has 0 bridgehead atoms. The van der Waals surface area contributed by atoms with E-state index in [1.807, 2.05) is 25.1 Å². The number of amides is 2. The van der Waals surface area contributed by atoms with Crippen molar-refractivity contribution in [3.8, 4) is 5.75 Å². The maximum atomic E-state index is 13.1. The fourth-order valence-electron chi connectivity index (χ4n) is 3.73. The Kier molecular flexibility index (Phi) is 7.91. The molecule has 2 aromatic rings. The van der Waals surface area contributed by atoms with Crippen LogP contribution in [-0.2, 0) is 0 Å². The second kappa shape index (κ2) is 10.6. The number of hydrogen-bond donors (Lipinski definition) is 1. The van der Waals surface area contributed by atoms with Crippen molar-refractivity contribution < 1.29 is 14.3 Å². The largest absolute Gasteiger partial charge is 0.492 e. The van der Waals surface area contributed by atoms with Crippen molar-refractivity contribution in [1.29, 1.82) is 0 Å². The number of rotatable bonds is 7. The molecule has 0 aliphatic heterocycles. The van der Waals surface area contributed by atoms with E-state index in [0.717, 1.165) is 36.6 Å². The van der Waals surface area contributed by atoms with E-state index in [9.17, 15) is 9.59 Å². The van der Waals surface area contributed by atoms with Gasteiger partial charge in [0.2, 0.25) is 0 Å². The summed E-state index contributed by atoms with van der Waals surface area (Å²) in [5.41, 5.74) is 1.63. The number of nitrogens with one attached hydrogen (secondary N) is 1. The number of para-hydroxylation sites is 1. The first-order valence-corrected chi connectivity index (χ1v) is 11.4. The van der Waals surface area contributed by atoms with Gasteiger partial charge in [-0.3, -0.25) is 9.59 Å². The zero-order valence-corrected chi connectivity index (χ0v) is 19.2. The lowest BCUT2D eigenvalue weighted by Gasteiger charge is -2.25. The Balaban J connectivity index is 1.77. The lowest BCUT2D eigenvalue weighted by Crippen LogP contribution is -2.37. The van der Waals surface area contributed by atoms with Crippen molar-refractivity contribution in [3.05, 3.63) is 58.1 Å². The Hall–Kier alpha value is -2.34. The first-order chi connectivity index (χ1) is 14.5. The Bertz CT molecular complexity index is 894. The van der Waals surface area contributed by atoms with Crippen LogP contribution in [0.4, 0.5) is 5.69 Å². The lowest BCUT2D eigenvalue weighted by molar-refractivity contribution is 0.0928. The number of halogens is 1. The summed E-state index contributed by atoms with van der Waals surface area (Å²) in [4.78, 5) is 27.6. The van der Waals surface area contributed by atoms with Crippen LogP contribution in [0.15, 0.2) is 46.9 Å². The third-order valence-electron chi connectivity index (χ3n) is 5.40. The first-order valence-electron chi connectivity index (χ1n) is 10.6. The molecule has 3 rings (SSSR count). The predicted octanol–water partition coefficient (Wildman–Crippen LogP) is 5.58. The fourth-order valence-corrected chi connectivity index (χ4v) is 4.23. The van der Waals surface area contributed by atoms with Gasteiger partial charge in [0, 0.05) is 18.7 Å². The molecular formula is C24H29BrN2O3. The van der Waals surface area contributed by atoms with Crippen LogP contribution in [0.1, 0.15) is 66.2 Å². The average molecular weight is 473 g/mol. The minimum absolute atomic E-state index is 0.123. The van der Waals surface area contributed by atoms with E-state index < -0.39 is 0 Å².